The summed E-state index contributed by atoms with van der Waals surface area (Å²) < 4.78 is 0. The summed E-state index contributed by atoms with van der Waals surface area (Å²) in [7, 11) is 0. The molecule has 0 rings (SSSR count). The summed E-state index contributed by atoms with van der Waals surface area (Å²) in [5, 5.41) is 0. The molecule has 3 nitrogen and oxygen atoms in total. The van der Waals surface area contributed by atoms with E-state index >= 15 is 0 Å². The molecule has 0 bridgehead atoms. The molecule has 0 aromatic carbocycles. The predicted molar refractivity (Wildman–Crippen MR) is 2.06 cm³/mol. The standard InChI is InChI=1S/3O.Pd.W/q3*-2;;. The molecule has 0 saturated heterocycles. The van der Waals surface area contributed by atoms with Gasteiger partial charge in [0.2, 0.25) is 0 Å². The van der Waals surface area contributed by atoms with Gasteiger partial charge in [-0.1, -0.05) is 0 Å². The largest absolute Gasteiger partial charge is 2.00 e. The molecule has 0 aliphatic heterocycles. The molecular formula is O3PdW-6. The number of hydrogen-bond donors (Lipinski definition) is 0. The van der Waals surface area contributed by atoms with Crippen molar-refractivity contribution in [3.05, 3.63) is 0 Å². The fourth-order valence-corrected chi connectivity index (χ4v) is 0. The van der Waals surface area contributed by atoms with Gasteiger partial charge in [-0.05, 0) is 0 Å². The third kappa shape index (κ3) is 36.0. The Bertz CT molecular complexity index is 6.85. The summed E-state index contributed by atoms with van der Waals surface area (Å²) in [5.41, 5.74) is 0. The predicted octanol–water partition coefficient (Wildman–Crippen LogP) is -0.361. The monoisotopic (exact) mass is 338 g/mol. The van der Waals surface area contributed by atoms with E-state index in [0.29, 0.717) is 0 Å². The molecule has 0 unspecified atom stereocenters. The first kappa shape index (κ1) is 113. The Morgan fingerprint density at radius 1 is 0.600 bits per heavy atom. The summed E-state index contributed by atoms with van der Waals surface area (Å²) in [6.07, 6.45) is 0. The molecule has 0 heterocycles. The number of rotatable bonds is 0. The molecule has 0 saturated carbocycles. The van der Waals surface area contributed by atoms with Crippen molar-refractivity contribution in [2.45, 2.75) is 0 Å². The van der Waals surface area contributed by atoms with Gasteiger partial charge in [-0.25, -0.2) is 0 Å². The molecule has 5 heavy (non-hydrogen) atoms. The summed E-state index contributed by atoms with van der Waals surface area (Å²) >= 11 is 0. The fraction of sp³-hybridized carbons (Fsp3) is 0. The van der Waals surface area contributed by atoms with Crippen LogP contribution in [-0.4, -0.2) is 0 Å². The van der Waals surface area contributed by atoms with Crippen LogP contribution in [0.2, 0.25) is 0 Å². The van der Waals surface area contributed by atoms with Gasteiger partial charge < -0.3 is 16.4 Å². The van der Waals surface area contributed by atoms with Crippen LogP contribution in [0.5, 0.6) is 0 Å². The van der Waals surface area contributed by atoms with Crippen molar-refractivity contribution >= 4 is 0 Å². The molecule has 40 valence electrons. The fourth-order valence-electron chi connectivity index (χ4n) is 0. The van der Waals surface area contributed by atoms with Crippen molar-refractivity contribution in [1.29, 1.82) is 0 Å². The minimum absolute atomic E-state index is 0. The van der Waals surface area contributed by atoms with E-state index in [4.69, 9.17) is 0 Å². The van der Waals surface area contributed by atoms with Crippen molar-refractivity contribution < 1.29 is 57.9 Å². The van der Waals surface area contributed by atoms with Gasteiger partial charge in [0.05, 0.1) is 0 Å². The van der Waals surface area contributed by atoms with Crippen LogP contribution in [0.15, 0.2) is 0 Å². The Hall–Kier alpha value is 1.23. The Labute approximate surface area is 58.0 Å². The van der Waals surface area contributed by atoms with Crippen molar-refractivity contribution in [3.63, 3.8) is 0 Å². The van der Waals surface area contributed by atoms with E-state index in [0.717, 1.165) is 0 Å². The van der Waals surface area contributed by atoms with Crippen molar-refractivity contribution in [3.8, 4) is 0 Å². The van der Waals surface area contributed by atoms with E-state index in [-0.39, 0.29) is 57.9 Å². The van der Waals surface area contributed by atoms with Crippen LogP contribution in [0.1, 0.15) is 0 Å². The minimum Gasteiger partial charge on any atom is -2.00 e. The Kier molecular flexibility index (Phi) is 1390. The first-order valence-corrected chi connectivity index (χ1v) is 0. The topological polar surface area (TPSA) is 85.5 Å². The van der Waals surface area contributed by atoms with E-state index < -0.39 is 0 Å². The minimum atomic E-state index is 0. The average molecular weight is 338 g/mol. The Balaban J connectivity index is 0. The molecule has 0 aromatic heterocycles. The van der Waals surface area contributed by atoms with E-state index in [1.54, 1.807) is 0 Å². The SMILES string of the molecule is [O-2].[O-2].[O-2].[Pd].[W]. The Morgan fingerprint density at radius 2 is 0.600 bits per heavy atom. The zero-order valence-electron chi connectivity index (χ0n) is 1.95. The van der Waals surface area contributed by atoms with Crippen LogP contribution in [0.4, 0.5) is 0 Å². The van der Waals surface area contributed by atoms with Crippen LogP contribution in [0.25, 0.3) is 0 Å². The van der Waals surface area contributed by atoms with E-state index in [1.807, 2.05) is 0 Å². The maximum Gasteiger partial charge on any atom is 0 e. The van der Waals surface area contributed by atoms with Crippen LogP contribution in [-0.2, 0) is 57.9 Å². The quantitative estimate of drug-likeness (QED) is 0.540. The molecule has 5 heteroatoms. The summed E-state index contributed by atoms with van der Waals surface area (Å²) in [4.78, 5) is 0. The van der Waals surface area contributed by atoms with Crippen molar-refractivity contribution in [2.24, 2.45) is 0 Å². The van der Waals surface area contributed by atoms with Crippen LogP contribution >= 0.6 is 0 Å². The summed E-state index contributed by atoms with van der Waals surface area (Å²) in [6.45, 7) is 0. The second kappa shape index (κ2) is 61.8. The zero-order chi connectivity index (χ0) is 0. The van der Waals surface area contributed by atoms with E-state index in [2.05, 4.69) is 0 Å². The molecule has 0 atom stereocenters. The molecule has 0 fully saturated rings. The molecule has 0 radical (unpaired) electrons. The first-order chi connectivity index (χ1) is 0. The van der Waals surface area contributed by atoms with Gasteiger partial charge in [0.15, 0.2) is 0 Å². The van der Waals surface area contributed by atoms with Gasteiger partial charge in [-0.3, -0.25) is 0 Å². The summed E-state index contributed by atoms with van der Waals surface area (Å²) in [5.74, 6) is 0. The van der Waals surface area contributed by atoms with Gasteiger partial charge in [0.25, 0.3) is 0 Å². The molecule has 0 N–H and O–H groups in total. The normalized spacial score (nSPS) is 0. The second-order valence-electron chi connectivity index (χ2n) is 0. The average Bonchev–Trinajstić information content (AvgIpc) is 0. The molecule has 0 spiro atoms. The van der Waals surface area contributed by atoms with Crippen molar-refractivity contribution in [2.75, 3.05) is 0 Å². The van der Waals surface area contributed by atoms with Gasteiger partial charge >= 0.3 is 0 Å². The maximum absolute atomic E-state index is 0. The van der Waals surface area contributed by atoms with E-state index in [9.17, 15) is 0 Å². The summed E-state index contributed by atoms with van der Waals surface area (Å²) in [6, 6.07) is 0. The third-order valence-corrected chi connectivity index (χ3v) is 0. The zero-order valence-corrected chi connectivity index (χ0v) is 6.44. The third-order valence-electron chi connectivity index (χ3n) is 0. The van der Waals surface area contributed by atoms with Crippen molar-refractivity contribution in [1.82, 2.24) is 0 Å². The molecule has 0 aromatic rings. The van der Waals surface area contributed by atoms with Crippen LogP contribution in [0.3, 0.4) is 0 Å². The van der Waals surface area contributed by atoms with Gasteiger partial charge in [-0.2, -0.15) is 0 Å². The number of hydrogen-bond acceptors (Lipinski definition) is 0. The van der Waals surface area contributed by atoms with Gasteiger partial charge in [0.1, 0.15) is 0 Å². The molecular weight excluding hydrogens is 338 g/mol. The van der Waals surface area contributed by atoms with Gasteiger partial charge in [-0.15, -0.1) is 0 Å². The van der Waals surface area contributed by atoms with Crippen LogP contribution in [0, 0.1) is 0 Å². The molecule has 0 amide bonds. The maximum atomic E-state index is 0. The van der Waals surface area contributed by atoms with Crippen LogP contribution < -0.4 is 0 Å². The smallest absolute Gasteiger partial charge is 0 e. The molecule has 0 aliphatic rings. The second-order valence-corrected chi connectivity index (χ2v) is 0. The Morgan fingerprint density at radius 3 is 0.600 bits per heavy atom. The van der Waals surface area contributed by atoms with E-state index in [1.165, 1.54) is 0 Å². The molecule has 0 aliphatic carbocycles. The first-order valence-electron chi connectivity index (χ1n) is 0. The van der Waals surface area contributed by atoms with Gasteiger partial charge in [0, 0.05) is 41.5 Å².